The Balaban J connectivity index is 1.47. The zero-order valence-corrected chi connectivity index (χ0v) is 15.3. The van der Waals surface area contributed by atoms with E-state index in [0.717, 1.165) is 34.2 Å². The lowest BCUT2D eigenvalue weighted by atomic mass is 10.1. The van der Waals surface area contributed by atoms with Gasteiger partial charge < -0.3 is 9.30 Å². The van der Waals surface area contributed by atoms with E-state index in [0.29, 0.717) is 13.2 Å². The minimum atomic E-state index is 0.544. The number of hydrogen-bond acceptors (Lipinski definition) is 2. The fourth-order valence-corrected chi connectivity index (χ4v) is 3.52. The summed E-state index contributed by atoms with van der Waals surface area (Å²) in [5, 5.41) is 0.997. The highest BCUT2D eigenvalue weighted by atomic mass is 16.5. The van der Waals surface area contributed by atoms with Crippen LogP contribution < -0.4 is 4.74 Å². The maximum atomic E-state index is 11.5. The lowest BCUT2D eigenvalue weighted by Crippen LogP contribution is -2.09. The molecule has 27 heavy (non-hydrogen) atoms. The Bertz CT molecular complexity index is 1060. The molecule has 3 heteroatoms. The molecule has 134 valence electrons. The number of ether oxygens (including phenoxy) is 1. The van der Waals surface area contributed by atoms with E-state index in [1.807, 2.05) is 61.5 Å². The van der Waals surface area contributed by atoms with Crippen LogP contribution in [0, 0.1) is 6.92 Å². The second-order valence-electron chi connectivity index (χ2n) is 6.52. The van der Waals surface area contributed by atoms with Gasteiger partial charge in [0.1, 0.15) is 12.4 Å². The molecular weight excluding hydrogens is 334 g/mol. The predicted molar refractivity (Wildman–Crippen MR) is 109 cm³/mol. The molecule has 0 atom stereocenters. The van der Waals surface area contributed by atoms with Gasteiger partial charge in [-0.1, -0.05) is 60.7 Å². The fourth-order valence-electron chi connectivity index (χ4n) is 3.52. The van der Waals surface area contributed by atoms with Crippen LogP contribution in [0.5, 0.6) is 5.75 Å². The van der Waals surface area contributed by atoms with Crippen molar-refractivity contribution >= 4 is 17.2 Å². The second kappa shape index (κ2) is 7.50. The number of fused-ring (bicyclic) bond motifs is 1. The zero-order chi connectivity index (χ0) is 18.6. The predicted octanol–water partition coefficient (Wildman–Crippen LogP) is 5.51. The number of para-hydroxylation sites is 1. The summed E-state index contributed by atoms with van der Waals surface area (Å²) in [5.74, 6) is 0.847. The fraction of sp³-hybridized carbons (Fsp3) is 0.125. The molecule has 0 saturated heterocycles. The molecule has 4 aromatic rings. The van der Waals surface area contributed by atoms with Crippen LogP contribution >= 0.6 is 0 Å². The molecule has 0 N–H and O–H groups in total. The summed E-state index contributed by atoms with van der Waals surface area (Å²) in [7, 11) is 0. The van der Waals surface area contributed by atoms with E-state index in [9.17, 15) is 4.79 Å². The number of carbonyl (C=O) groups is 1. The number of carbonyl (C=O) groups excluding carboxylic acids is 1. The van der Waals surface area contributed by atoms with Crippen molar-refractivity contribution < 1.29 is 9.53 Å². The Morgan fingerprint density at radius 1 is 0.852 bits per heavy atom. The maximum absolute atomic E-state index is 11.5. The molecule has 0 unspecified atom stereocenters. The normalized spacial score (nSPS) is 10.9. The van der Waals surface area contributed by atoms with Crippen LogP contribution in [0.15, 0.2) is 78.9 Å². The van der Waals surface area contributed by atoms with E-state index in [4.69, 9.17) is 4.74 Å². The van der Waals surface area contributed by atoms with Gasteiger partial charge >= 0.3 is 0 Å². The average molecular weight is 355 g/mol. The minimum absolute atomic E-state index is 0.544. The number of nitrogens with zero attached hydrogens (tertiary/aromatic N) is 1. The molecule has 1 heterocycles. The third-order valence-corrected chi connectivity index (χ3v) is 4.94. The summed E-state index contributed by atoms with van der Waals surface area (Å²) in [6, 6.07) is 26.4. The molecule has 0 bridgehead atoms. The van der Waals surface area contributed by atoms with E-state index in [1.54, 1.807) is 0 Å². The lowest BCUT2D eigenvalue weighted by Gasteiger charge is -2.11. The number of aromatic nitrogens is 1. The minimum Gasteiger partial charge on any atom is -0.492 e. The first kappa shape index (κ1) is 17.1. The summed E-state index contributed by atoms with van der Waals surface area (Å²) in [6.07, 6.45) is 0.942. The highest BCUT2D eigenvalue weighted by Gasteiger charge is 2.12. The molecular formula is C24H21NO2. The summed E-state index contributed by atoms with van der Waals surface area (Å²) < 4.78 is 8.09. The van der Waals surface area contributed by atoms with Crippen LogP contribution in [0.1, 0.15) is 16.1 Å². The van der Waals surface area contributed by atoms with Gasteiger partial charge in [0, 0.05) is 22.2 Å². The topological polar surface area (TPSA) is 31.2 Å². The molecule has 0 fully saturated rings. The highest BCUT2D eigenvalue weighted by molar-refractivity contribution is 5.99. The molecule has 4 rings (SSSR count). The van der Waals surface area contributed by atoms with Crippen LogP contribution in [-0.2, 0) is 6.54 Å². The monoisotopic (exact) mass is 355 g/mol. The molecule has 0 spiro atoms. The smallest absolute Gasteiger partial charge is 0.152 e. The molecule has 0 aliphatic carbocycles. The van der Waals surface area contributed by atoms with E-state index in [2.05, 4.69) is 28.8 Å². The van der Waals surface area contributed by atoms with Crippen molar-refractivity contribution in [3.8, 4) is 16.9 Å². The van der Waals surface area contributed by atoms with E-state index < -0.39 is 0 Å². The van der Waals surface area contributed by atoms with Gasteiger partial charge in [-0.15, -0.1) is 0 Å². The lowest BCUT2D eigenvalue weighted by molar-refractivity contribution is 0.112. The third-order valence-electron chi connectivity index (χ3n) is 4.94. The number of hydrogen-bond donors (Lipinski definition) is 0. The van der Waals surface area contributed by atoms with Crippen LogP contribution in [-0.4, -0.2) is 17.5 Å². The number of benzene rings is 3. The van der Waals surface area contributed by atoms with Gasteiger partial charge in [0.15, 0.2) is 6.29 Å². The van der Waals surface area contributed by atoms with Gasteiger partial charge in [-0.3, -0.25) is 4.79 Å². The Morgan fingerprint density at radius 2 is 1.52 bits per heavy atom. The Morgan fingerprint density at radius 3 is 2.26 bits per heavy atom. The van der Waals surface area contributed by atoms with Gasteiger partial charge in [0.05, 0.1) is 6.54 Å². The molecule has 3 aromatic carbocycles. The molecule has 0 amide bonds. The molecule has 0 aliphatic heterocycles. The van der Waals surface area contributed by atoms with E-state index >= 15 is 0 Å². The summed E-state index contributed by atoms with van der Waals surface area (Å²) >= 11 is 0. The van der Waals surface area contributed by atoms with Crippen LogP contribution in [0.25, 0.3) is 22.0 Å². The first-order chi connectivity index (χ1) is 13.3. The van der Waals surface area contributed by atoms with Gasteiger partial charge in [0.2, 0.25) is 0 Å². The number of aldehydes is 1. The third kappa shape index (κ3) is 3.36. The molecule has 0 saturated carbocycles. The first-order valence-electron chi connectivity index (χ1n) is 9.09. The average Bonchev–Trinajstić information content (AvgIpc) is 3.00. The molecule has 1 aromatic heterocycles. The standard InChI is InChI=1S/C24H21NO2/c1-18-23(17-26)22-9-5-6-10-24(22)25(18)15-16-27-21-13-11-20(12-14-21)19-7-3-2-4-8-19/h2-14,17H,15-16H2,1H3. The Hall–Kier alpha value is -3.33. The van der Waals surface area contributed by atoms with Crippen molar-refractivity contribution in [2.75, 3.05) is 6.61 Å². The van der Waals surface area contributed by atoms with Crippen LogP contribution in [0.4, 0.5) is 0 Å². The van der Waals surface area contributed by atoms with Crippen molar-refractivity contribution in [2.45, 2.75) is 13.5 Å². The molecule has 0 aliphatic rings. The van der Waals surface area contributed by atoms with Crippen LogP contribution in [0.3, 0.4) is 0 Å². The quantitative estimate of drug-likeness (QED) is 0.427. The highest BCUT2D eigenvalue weighted by Crippen LogP contribution is 2.25. The van der Waals surface area contributed by atoms with Gasteiger partial charge in [0.25, 0.3) is 0 Å². The largest absolute Gasteiger partial charge is 0.492 e. The van der Waals surface area contributed by atoms with Crippen molar-refractivity contribution in [3.63, 3.8) is 0 Å². The maximum Gasteiger partial charge on any atom is 0.152 e. The SMILES string of the molecule is Cc1c(C=O)c2ccccc2n1CCOc1ccc(-c2ccccc2)cc1. The molecule has 0 radical (unpaired) electrons. The Labute approximate surface area is 158 Å². The number of rotatable bonds is 6. The van der Waals surface area contributed by atoms with Crippen molar-refractivity contribution in [3.05, 3.63) is 90.1 Å². The summed E-state index contributed by atoms with van der Waals surface area (Å²) in [5.41, 5.74) is 5.18. The van der Waals surface area contributed by atoms with Crippen molar-refractivity contribution in [1.29, 1.82) is 0 Å². The van der Waals surface area contributed by atoms with Crippen molar-refractivity contribution in [2.24, 2.45) is 0 Å². The van der Waals surface area contributed by atoms with Gasteiger partial charge in [-0.25, -0.2) is 0 Å². The van der Waals surface area contributed by atoms with E-state index in [1.165, 1.54) is 11.1 Å². The van der Waals surface area contributed by atoms with E-state index in [-0.39, 0.29) is 0 Å². The summed E-state index contributed by atoms with van der Waals surface area (Å²) in [6.45, 7) is 3.22. The second-order valence-corrected chi connectivity index (χ2v) is 6.52. The van der Waals surface area contributed by atoms with Crippen LogP contribution in [0.2, 0.25) is 0 Å². The summed E-state index contributed by atoms with van der Waals surface area (Å²) in [4.78, 5) is 11.5. The van der Waals surface area contributed by atoms with Crippen molar-refractivity contribution in [1.82, 2.24) is 4.57 Å². The van der Waals surface area contributed by atoms with Gasteiger partial charge in [-0.05, 0) is 36.2 Å². The zero-order valence-electron chi connectivity index (χ0n) is 15.3. The Kier molecular flexibility index (Phi) is 4.75. The molecule has 3 nitrogen and oxygen atoms in total. The first-order valence-corrected chi connectivity index (χ1v) is 9.09. The van der Waals surface area contributed by atoms with Gasteiger partial charge in [-0.2, -0.15) is 0 Å².